The van der Waals surface area contributed by atoms with Crippen molar-refractivity contribution in [3.63, 3.8) is 0 Å². The van der Waals surface area contributed by atoms with Gasteiger partial charge in [-0.2, -0.15) is 13.2 Å². The molecular formula is C18H16ClF3O3S. The number of alkyl halides is 3. The fourth-order valence-corrected chi connectivity index (χ4v) is 4.11. The molecular weight excluding hydrogens is 389 g/mol. The first-order valence-electron chi connectivity index (χ1n) is 7.92. The Morgan fingerprint density at radius 1 is 1.04 bits per heavy atom. The number of ether oxygens (including phenoxy) is 2. The molecule has 0 saturated heterocycles. The van der Waals surface area contributed by atoms with Crippen LogP contribution in [-0.2, 0) is 28.5 Å². The van der Waals surface area contributed by atoms with Gasteiger partial charge in [0.25, 0.3) is 0 Å². The van der Waals surface area contributed by atoms with Crippen LogP contribution >= 0.6 is 11.6 Å². The summed E-state index contributed by atoms with van der Waals surface area (Å²) in [5, 5.41) is 0.371. The molecule has 0 aliphatic carbocycles. The van der Waals surface area contributed by atoms with Crippen LogP contribution < -0.4 is 9.47 Å². The molecule has 1 heterocycles. The summed E-state index contributed by atoms with van der Waals surface area (Å²) in [5.41, 5.74) is 0.314. The molecule has 1 aliphatic heterocycles. The van der Waals surface area contributed by atoms with Crippen LogP contribution in [0.4, 0.5) is 13.2 Å². The van der Waals surface area contributed by atoms with Crippen molar-refractivity contribution in [1.29, 1.82) is 0 Å². The first-order valence-corrected chi connectivity index (χ1v) is 9.78. The third-order valence-electron chi connectivity index (χ3n) is 3.77. The second-order valence-corrected chi connectivity index (χ2v) is 7.75. The smallest absolute Gasteiger partial charge is 0.416 e. The van der Waals surface area contributed by atoms with Crippen molar-refractivity contribution in [1.82, 2.24) is 0 Å². The van der Waals surface area contributed by atoms with E-state index in [2.05, 4.69) is 0 Å². The van der Waals surface area contributed by atoms with Crippen LogP contribution in [0.5, 0.6) is 11.5 Å². The van der Waals surface area contributed by atoms with Gasteiger partial charge in [-0.1, -0.05) is 29.8 Å². The van der Waals surface area contributed by atoms with Crippen molar-refractivity contribution < 1.29 is 26.9 Å². The molecule has 1 aliphatic rings. The minimum atomic E-state index is -4.42. The van der Waals surface area contributed by atoms with Gasteiger partial charge >= 0.3 is 6.18 Å². The molecule has 0 aromatic heterocycles. The number of hydrogen-bond acceptors (Lipinski definition) is 3. The van der Waals surface area contributed by atoms with E-state index < -0.39 is 22.5 Å². The lowest BCUT2D eigenvalue weighted by Crippen LogP contribution is -2.06. The molecule has 0 bridgehead atoms. The zero-order valence-corrected chi connectivity index (χ0v) is 15.2. The second kappa shape index (κ2) is 7.88. The van der Waals surface area contributed by atoms with E-state index in [1.54, 1.807) is 12.1 Å². The Balaban J connectivity index is 1.73. The zero-order valence-electron chi connectivity index (χ0n) is 13.6. The van der Waals surface area contributed by atoms with Crippen LogP contribution in [0.2, 0.25) is 5.02 Å². The van der Waals surface area contributed by atoms with E-state index in [0.717, 1.165) is 18.6 Å². The molecule has 0 saturated carbocycles. The van der Waals surface area contributed by atoms with E-state index >= 15 is 0 Å². The summed E-state index contributed by atoms with van der Waals surface area (Å²) in [6.07, 6.45) is -3.68. The van der Waals surface area contributed by atoms with Gasteiger partial charge in [0.05, 0.1) is 23.8 Å². The van der Waals surface area contributed by atoms with Gasteiger partial charge in [-0.15, -0.1) is 0 Å². The van der Waals surface area contributed by atoms with Gasteiger partial charge in [-0.25, -0.2) is 0 Å². The number of benzene rings is 2. The minimum absolute atomic E-state index is 0.0238. The molecule has 2 aromatic carbocycles. The van der Waals surface area contributed by atoms with Gasteiger partial charge in [-0.3, -0.25) is 4.21 Å². The Bertz CT molecular complexity index is 824. The first-order chi connectivity index (χ1) is 12.3. The molecule has 0 N–H and O–H groups in total. The molecule has 140 valence electrons. The van der Waals surface area contributed by atoms with Gasteiger partial charge in [0.2, 0.25) is 0 Å². The SMILES string of the molecule is O=[S@@](Cc1cccc(C(F)(F)F)c1)Cc1cc(Cl)c2c(c1)OCCCO2. The Labute approximate surface area is 156 Å². The molecule has 3 nitrogen and oxygen atoms in total. The number of fused-ring (bicyclic) bond motifs is 1. The highest BCUT2D eigenvalue weighted by Crippen LogP contribution is 2.38. The second-order valence-electron chi connectivity index (χ2n) is 5.88. The number of halogens is 4. The minimum Gasteiger partial charge on any atom is -0.489 e. The molecule has 0 amide bonds. The van der Waals surface area contributed by atoms with E-state index in [4.69, 9.17) is 21.1 Å². The molecule has 26 heavy (non-hydrogen) atoms. The predicted octanol–water partition coefficient (Wildman–Crippen LogP) is 4.97. The van der Waals surface area contributed by atoms with Gasteiger partial charge in [0.15, 0.2) is 11.5 Å². The largest absolute Gasteiger partial charge is 0.489 e. The lowest BCUT2D eigenvalue weighted by molar-refractivity contribution is -0.137. The van der Waals surface area contributed by atoms with E-state index in [-0.39, 0.29) is 11.5 Å². The van der Waals surface area contributed by atoms with Crippen molar-refractivity contribution in [2.24, 2.45) is 0 Å². The molecule has 0 radical (unpaired) electrons. The van der Waals surface area contributed by atoms with Gasteiger partial charge in [0.1, 0.15) is 0 Å². The maximum absolute atomic E-state index is 12.8. The van der Waals surface area contributed by atoms with Crippen LogP contribution in [0.15, 0.2) is 36.4 Å². The summed E-state index contributed by atoms with van der Waals surface area (Å²) < 4.78 is 61.9. The molecule has 0 spiro atoms. The summed E-state index contributed by atoms with van der Waals surface area (Å²) in [6, 6.07) is 8.25. The topological polar surface area (TPSA) is 35.5 Å². The van der Waals surface area contributed by atoms with E-state index in [1.807, 2.05) is 0 Å². The molecule has 8 heteroatoms. The zero-order chi connectivity index (χ0) is 18.7. The number of hydrogen-bond donors (Lipinski definition) is 0. The van der Waals surface area contributed by atoms with E-state index in [9.17, 15) is 17.4 Å². The molecule has 1 atom stereocenters. The molecule has 0 unspecified atom stereocenters. The van der Waals surface area contributed by atoms with Crippen molar-refractivity contribution in [3.8, 4) is 11.5 Å². The Kier molecular flexibility index (Phi) is 5.77. The van der Waals surface area contributed by atoms with Crippen molar-refractivity contribution in [2.75, 3.05) is 13.2 Å². The van der Waals surface area contributed by atoms with Crippen molar-refractivity contribution >= 4 is 22.4 Å². The summed E-state index contributed by atoms with van der Waals surface area (Å²) in [7, 11) is -1.39. The van der Waals surface area contributed by atoms with E-state index in [0.29, 0.717) is 40.9 Å². The normalized spacial score (nSPS) is 15.4. The van der Waals surface area contributed by atoms with Crippen molar-refractivity contribution in [2.45, 2.75) is 24.1 Å². The van der Waals surface area contributed by atoms with Crippen LogP contribution in [0.1, 0.15) is 23.1 Å². The van der Waals surface area contributed by atoms with Crippen LogP contribution in [0, 0.1) is 0 Å². The summed E-state index contributed by atoms with van der Waals surface area (Å²) >= 11 is 6.21. The maximum atomic E-state index is 12.8. The monoisotopic (exact) mass is 404 g/mol. The highest BCUT2D eigenvalue weighted by atomic mass is 35.5. The van der Waals surface area contributed by atoms with Crippen LogP contribution in [-0.4, -0.2) is 17.4 Å². The van der Waals surface area contributed by atoms with Gasteiger partial charge in [-0.05, 0) is 29.3 Å². The molecule has 3 rings (SSSR count). The Morgan fingerprint density at radius 3 is 2.54 bits per heavy atom. The number of rotatable bonds is 4. The summed E-state index contributed by atoms with van der Waals surface area (Å²) in [6.45, 7) is 1.01. The average molecular weight is 405 g/mol. The quantitative estimate of drug-likeness (QED) is 0.721. The Morgan fingerprint density at radius 2 is 1.77 bits per heavy atom. The predicted molar refractivity (Wildman–Crippen MR) is 94.1 cm³/mol. The van der Waals surface area contributed by atoms with Crippen LogP contribution in [0.25, 0.3) is 0 Å². The summed E-state index contributed by atoms with van der Waals surface area (Å²) in [4.78, 5) is 0. The molecule has 2 aromatic rings. The average Bonchev–Trinajstić information content (AvgIpc) is 2.80. The standard InChI is InChI=1S/C18H16ClF3O3S/c19-15-8-13(9-16-17(15)25-6-2-5-24-16)11-26(23)10-12-3-1-4-14(7-12)18(20,21)22/h1,3-4,7-9H,2,5-6,10-11H2/t26-/m0/s1. The molecule has 0 fully saturated rings. The fourth-order valence-electron chi connectivity index (χ4n) is 2.63. The third-order valence-corrected chi connectivity index (χ3v) is 5.36. The highest BCUT2D eigenvalue weighted by Gasteiger charge is 2.30. The third kappa shape index (κ3) is 4.71. The fraction of sp³-hybridized carbons (Fsp3) is 0.333. The van der Waals surface area contributed by atoms with E-state index in [1.165, 1.54) is 12.1 Å². The lowest BCUT2D eigenvalue weighted by atomic mass is 10.1. The van der Waals surface area contributed by atoms with Crippen molar-refractivity contribution in [3.05, 3.63) is 58.1 Å². The van der Waals surface area contributed by atoms with Crippen LogP contribution in [0.3, 0.4) is 0 Å². The van der Waals surface area contributed by atoms with Gasteiger partial charge in [0, 0.05) is 28.7 Å². The summed E-state index contributed by atoms with van der Waals surface area (Å²) in [5.74, 6) is 1.15. The highest BCUT2D eigenvalue weighted by molar-refractivity contribution is 7.83. The van der Waals surface area contributed by atoms with Gasteiger partial charge < -0.3 is 9.47 Å². The first kappa shape index (κ1) is 19.0. The Hall–Kier alpha value is -1.73. The maximum Gasteiger partial charge on any atom is 0.416 e. The lowest BCUT2D eigenvalue weighted by Gasteiger charge is -2.12.